The van der Waals surface area contributed by atoms with Gasteiger partial charge in [0, 0.05) is 16.5 Å². The Morgan fingerprint density at radius 1 is 1.23 bits per heavy atom. The number of benzene rings is 1. The van der Waals surface area contributed by atoms with Gasteiger partial charge in [0.25, 0.3) is 5.56 Å². The summed E-state index contributed by atoms with van der Waals surface area (Å²) < 4.78 is 13.2. The number of furan rings is 1. The van der Waals surface area contributed by atoms with Crippen LogP contribution in [0.5, 0.6) is 0 Å². The number of hydrogen-bond donors (Lipinski definition) is 1. The van der Waals surface area contributed by atoms with Gasteiger partial charge in [-0.1, -0.05) is 42.3 Å². The topological polar surface area (TPSA) is 111 Å². The summed E-state index contributed by atoms with van der Waals surface area (Å²) in [5.41, 5.74) is 1.20. The predicted octanol–water partition coefficient (Wildman–Crippen LogP) is 5.25. The molecule has 39 heavy (non-hydrogen) atoms. The summed E-state index contributed by atoms with van der Waals surface area (Å²) in [5, 5.41) is 11.6. The van der Waals surface area contributed by atoms with Crippen LogP contribution in [0.15, 0.2) is 73.3 Å². The van der Waals surface area contributed by atoms with Gasteiger partial charge in [-0.3, -0.25) is 9.36 Å². The molecule has 1 aliphatic heterocycles. The molecular weight excluding hydrogens is 560 g/mol. The number of ether oxygens (including phenoxy) is 1. The Hall–Kier alpha value is -3.73. The van der Waals surface area contributed by atoms with E-state index in [1.807, 2.05) is 24.4 Å². The van der Waals surface area contributed by atoms with Crippen LogP contribution in [0.4, 0.5) is 0 Å². The normalized spacial score (nSPS) is 15.3. The molecule has 0 aliphatic carbocycles. The molecule has 1 aliphatic rings. The first kappa shape index (κ1) is 26.9. The van der Waals surface area contributed by atoms with Crippen molar-refractivity contribution >= 4 is 52.3 Å². The highest BCUT2D eigenvalue weighted by Crippen LogP contribution is 2.35. The number of aromatic carboxylic acids is 1. The van der Waals surface area contributed by atoms with E-state index in [1.54, 1.807) is 29.7 Å². The minimum Gasteiger partial charge on any atom is -0.478 e. The molecule has 0 saturated heterocycles. The first-order chi connectivity index (χ1) is 18.8. The average molecular weight is 583 g/mol. The predicted molar refractivity (Wildman–Crippen MR) is 150 cm³/mol. The molecule has 0 spiro atoms. The first-order valence-electron chi connectivity index (χ1n) is 12.2. The van der Waals surface area contributed by atoms with Crippen molar-refractivity contribution in [1.82, 2.24) is 4.57 Å². The van der Waals surface area contributed by atoms with Gasteiger partial charge in [-0.2, -0.15) is 0 Å². The average Bonchev–Trinajstić information content (AvgIpc) is 3.66. The molecule has 3 aromatic heterocycles. The fourth-order valence-corrected chi connectivity index (χ4v) is 6.42. The van der Waals surface area contributed by atoms with Gasteiger partial charge in [0.1, 0.15) is 17.6 Å². The number of thiazole rings is 1. The van der Waals surface area contributed by atoms with Crippen molar-refractivity contribution in [3.8, 4) is 11.3 Å². The molecular formula is C28H23ClN2O6S2. The minimum atomic E-state index is -1.08. The second kappa shape index (κ2) is 11.2. The molecule has 1 N–H and O–H groups in total. The van der Waals surface area contributed by atoms with Crippen LogP contribution in [-0.2, 0) is 9.53 Å². The third kappa shape index (κ3) is 5.15. The number of esters is 1. The standard InChI is InChI=1S/C28H23ClN2O6S2/c1-3-6-19-23(27(35)36-4-2)24(21-7-5-12-38-21)31-25(32)22(39-28(31)30-19)14-16-9-11-20(37-16)17-13-15(26(33)34)8-10-18(17)29/h5,7-14,24H,3-4,6H2,1-2H3,(H,33,34)/b22-14-/t24-/m1/s1. The summed E-state index contributed by atoms with van der Waals surface area (Å²) in [5.74, 6) is -0.800. The van der Waals surface area contributed by atoms with Crippen molar-refractivity contribution in [2.75, 3.05) is 6.61 Å². The van der Waals surface area contributed by atoms with Gasteiger partial charge < -0.3 is 14.3 Å². The van der Waals surface area contributed by atoms with E-state index in [1.165, 1.54) is 40.9 Å². The van der Waals surface area contributed by atoms with Crippen LogP contribution in [0.2, 0.25) is 5.02 Å². The number of carbonyl (C=O) groups excluding carboxylic acids is 1. The molecule has 4 aromatic rings. The highest BCUT2D eigenvalue weighted by molar-refractivity contribution is 7.10. The number of carboxylic acid groups (broad SMARTS) is 1. The van der Waals surface area contributed by atoms with Gasteiger partial charge in [0.15, 0.2) is 4.80 Å². The van der Waals surface area contributed by atoms with Gasteiger partial charge in [0.2, 0.25) is 0 Å². The van der Waals surface area contributed by atoms with E-state index in [9.17, 15) is 19.5 Å². The van der Waals surface area contributed by atoms with Crippen molar-refractivity contribution in [1.29, 1.82) is 0 Å². The number of carboxylic acids is 1. The molecule has 0 radical (unpaired) electrons. The molecule has 1 aromatic carbocycles. The Labute approximate surface area is 235 Å². The van der Waals surface area contributed by atoms with E-state index in [0.29, 0.717) is 49.1 Å². The highest BCUT2D eigenvalue weighted by atomic mass is 35.5. The summed E-state index contributed by atoms with van der Waals surface area (Å²) in [7, 11) is 0. The van der Waals surface area contributed by atoms with Gasteiger partial charge >= 0.3 is 11.9 Å². The van der Waals surface area contributed by atoms with Crippen LogP contribution in [0.1, 0.15) is 53.7 Å². The second-order valence-corrected chi connectivity index (χ2v) is 11.0. The van der Waals surface area contributed by atoms with E-state index in [2.05, 4.69) is 0 Å². The van der Waals surface area contributed by atoms with Gasteiger partial charge in [-0.25, -0.2) is 14.6 Å². The number of aromatic nitrogens is 1. The first-order valence-corrected chi connectivity index (χ1v) is 14.3. The van der Waals surface area contributed by atoms with E-state index in [-0.39, 0.29) is 17.7 Å². The van der Waals surface area contributed by atoms with Gasteiger partial charge in [0.05, 0.1) is 33.0 Å². The van der Waals surface area contributed by atoms with Crippen molar-refractivity contribution in [3.05, 3.63) is 100 Å². The Kier molecular flexibility index (Phi) is 7.69. The molecule has 8 nitrogen and oxygen atoms in total. The van der Waals surface area contributed by atoms with E-state index in [4.69, 9.17) is 25.7 Å². The Bertz CT molecular complexity index is 1780. The fraction of sp³-hybridized carbons (Fsp3) is 0.214. The zero-order chi connectivity index (χ0) is 27.7. The van der Waals surface area contributed by atoms with Crippen LogP contribution >= 0.6 is 34.3 Å². The maximum absolute atomic E-state index is 13.7. The number of allylic oxidation sites excluding steroid dienone is 1. The van der Waals surface area contributed by atoms with E-state index < -0.39 is 18.0 Å². The third-order valence-electron chi connectivity index (χ3n) is 6.08. The number of nitrogens with zero attached hydrogens (tertiary/aromatic N) is 2. The Morgan fingerprint density at radius 2 is 2.05 bits per heavy atom. The number of fused-ring (bicyclic) bond motifs is 1. The lowest BCUT2D eigenvalue weighted by Gasteiger charge is -2.24. The summed E-state index contributed by atoms with van der Waals surface area (Å²) >= 11 is 8.97. The molecule has 1 atom stereocenters. The van der Waals surface area contributed by atoms with Crippen LogP contribution in [0, 0.1) is 0 Å². The zero-order valence-corrected chi connectivity index (χ0v) is 23.4. The number of halogens is 1. The van der Waals surface area contributed by atoms with Gasteiger partial charge in [-0.15, -0.1) is 11.3 Å². The fourth-order valence-electron chi connectivity index (χ4n) is 4.39. The van der Waals surface area contributed by atoms with Crippen molar-refractivity contribution in [3.63, 3.8) is 0 Å². The maximum Gasteiger partial charge on any atom is 0.338 e. The monoisotopic (exact) mass is 582 g/mol. The summed E-state index contributed by atoms with van der Waals surface area (Å²) in [6, 6.07) is 10.8. The highest BCUT2D eigenvalue weighted by Gasteiger charge is 2.34. The Morgan fingerprint density at radius 3 is 2.74 bits per heavy atom. The minimum absolute atomic E-state index is 0.0783. The zero-order valence-electron chi connectivity index (χ0n) is 21.0. The maximum atomic E-state index is 13.7. The van der Waals surface area contributed by atoms with Crippen molar-refractivity contribution in [2.45, 2.75) is 32.7 Å². The smallest absolute Gasteiger partial charge is 0.338 e. The molecule has 0 unspecified atom stereocenters. The van der Waals surface area contributed by atoms with Crippen LogP contribution in [0.3, 0.4) is 0 Å². The quantitative estimate of drug-likeness (QED) is 0.284. The third-order valence-corrected chi connectivity index (χ3v) is 8.32. The second-order valence-electron chi connectivity index (χ2n) is 8.63. The molecule has 0 fully saturated rings. The lowest BCUT2D eigenvalue weighted by molar-refractivity contribution is -0.139. The number of carbonyl (C=O) groups is 2. The van der Waals surface area contributed by atoms with Crippen molar-refractivity contribution in [2.24, 2.45) is 4.99 Å². The molecule has 0 amide bonds. The number of rotatable bonds is 8. The molecule has 4 heterocycles. The van der Waals surface area contributed by atoms with Gasteiger partial charge in [-0.05, 0) is 55.1 Å². The number of thiophene rings is 1. The van der Waals surface area contributed by atoms with Crippen LogP contribution in [0.25, 0.3) is 17.4 Å². The van der Waals surface area contributed by atoms with Crippen LogP contribution in [-0.4, -0.2) is 28.2 Å². The summed E-state index contributed by atoms with van der Waals surface area (Å²) in [6.07, 6.45) is 2.95. The Balaban J connectivity index is 1.63. The number of hydrogen-bond acceptors (Lipinski definition) is 8. The lowest BCUT2D eigenvalue weighted by atomic mass is 9.99. The van der Waals surface area contributed by atoms with Crippen molar-refractivity contribution < 1.29 is 23.8 Å². The molecule has 0 saturated carbocycles. The largest absolute Gasteiger partial charge is 0.478 e. The van der Waals surface area contributed by atoms with E-state index in [0.717, 1.165) is 11.3 Å². The molecule has 0 bridgehead atoms. The molecule has 11 heteroatoms. The van der Waals surface area contributed by atoms with Crippen LogP contribution < -0.4 is 14.9 Å². The SMILES string of the molecule is CCCC1=C(C(=O)OCC)[C@@H](c2cccs2)n2c(s/c(=C\c3ccc(-c4cc(C(=O)O)ccc4Cl)o3)c2=O)=N1. The molecule has 200 valence electrons. The summed E-state index contributed by atoms with van der Waals surface area (Å²) in [6.45, 7) is 3.97. The molecule has 5 rings (SSSR count). The van der Waals surface area contributed by atoms with E-state index >= 15 is 0 Å². The summed E-state index contributed by atoms with van der Waals surface area (Å²) in [4.78, 5) is 44.3. The lowest BCUT2D eigenvalue weighted by Crippen LogP contribution is -2.39.